The second-order valence-corrected chi connectivity index (χ2v) is 9.62. The summed E-state index contributed by atoms with van der Waals surface area (Å²) in [4.78, 5) is 26.0. The van der Waals surface area contributed by atoms with Gasteiger partial charge in [0.1, 0.15) is 12.1 Å². The summed E-state index contributed by atoms with van der Waals surface area (Å²) in [5, 5.41) is 2.17. The van der Waals surface area contributed by atoms with Crippen molar-refractivity contribution >= 4 is 21.7 Å². The van der Waals surface area contributed by atoms with Crippen LogP contribution in [0.1, 0.15) is 41.5 Å². The molecular weight excluding hydrogens is 292 g/mol. The van der Waals surface area contributed by atoms with Crippen LogP contribution < -0.4 is 5.32 Å². The maximum absolute atomic E-state index is 12.3. The predicted octanol–water partition coefficient (Wildman–Crippen LogP) is 0.571. The summed E-state index contributed by atoms with van der Waals surface area (Å²) in [6.07, 6.45) is 0. The fourth-order valence-electron chi connectivity index (χ4n) is 2.43. The van der Waals surface area contributed by atoms with Gasteiger partial charge in [-0.05, 0) is 26.2 Å². The molecule has 0 aromatic heterocycles. The highest BCUT2D eigenvalue weighted by Gasteiger charge is 2.44. The first-order chi connectivity index (χ1) is 9.38. The van der Waals surface area contributed by atoms with E-state index < -0.39 is 32.6 Å². The van der Waals surface area contributed by atoms with Gasteiger partial charge in [-0.1, -0.05) is 20.8 Å². The van der Waals surface area contributed by atoms with Crippen LogP contribution in [0.2, 0.25) is 0 Å². The number of hydrogen-bond acceptors (Lipinski definition) is 4. The Kier molecular flexibility index (Phi) is 5.08. The highest BCUT2D eigenvalue weighted by atomic mass is 32.2. The van der Waals surface area contributed by atoms with E-state index in [4.69, 9.17) is 0 Å². The molecule has 2 unspecified atom stereocenters. The second-order valence-electron chi connectivity index (χ2n) is 6.95. The Morgan fingerprint density at radius 1 is 1.24 bits per heavy atom. The molecule has 0 aromatic carbocycles. The molecule has 1 heterocycles. The molecule has 1 N–H and O–H groups in total. The van der Waals surface area contributed by atoms with Gasteiger partial charge < -0.3 is 10.2 Å². The van der Waals surface area contributed by atoms with Crippen LogP contribution in [0.25, 0.3) is 0 Å². The smallest absolute Gasteiger partial charge is 0.245 e. The minimum atomic E-state index is -3.25. The summed E-state index contributed by atoms with van der Waals surface area (Å²) >= 11 is 0. The van der Waals surface area contributed by atoms with Crippen LogP contribution >= 0.6 is 0 Å². The summed E-state index contributed by atoms with van der Waals surface area (Å²) in [7, 11) is -3.25. The molecule has 0 spiro atoms. The van der Waals surface area contributed by atoms with Crippen LogP contribution in [0.5, 0.6) is 0 Å². The molecule has 7 heteroatoms. The Morgan fingerprint density at radius 3 is 2.19 bits per heavy atom. The predicted molar refractivity (Wildman–Crippen MR) is 81.5 cm³/mol. The number of nitrogens with one attached hydrogen (secondary N) is 1. The number of carbonyl (C=O) groups is 2. The highest BCUT2D eigenvalue weighted by molar-refractivity contribution is 7.92. The van der Waals surface area contributed by atoms with Gasteiger partial charge in [0.25, 0.3) is 0 Å². The molecule has 1 saturated heterocycles. The fraction of sp³-hybridized carbons (Fsp3) is 0.857. The molecule has 1 aliphatic rings. The third kappa shape index (κ3) is 3.96. The Hall–Kier alpha value is -1.11. The molecular formula is C14H26N2O4S. The van der Waals surface area contributed by atoms with Crippen molar-refractivity contribution in [3.63, 3.8) is 0 Å². The van der Waals surface area contributed by atoms with Crippen molar-refractivity contribution in [1.82, 2.24) is 10.2 Å². The monoisotopic (exact) mass is 318 g/mol. The zero-order valence-corrected chi connectivity index (χ0v) is 14.5. The Morgan fingerprint density at radius 2 is 1.76 bits per heavy atom. The van der Waals surface area contributed by atoms with Gasteiger partial charge in [-0.25, -0.2) is 8.42 Å². The molecule has 2 amide bonds. The summed E-state index contributed by atoms with van der Waals surface area (Å²) in [5.74, 6) is -0.576. The van der Waals surface area contributed by atoms with Crippen LogP contribution in [-0.4, -0.2) is 54.8 Å². The molecule has 1 aliphatic heterocycles. The quantitative estimate of drug-likeness (QED) is 0.821. The minimum Gasteiger partial charge on any atom is -0.343 e. The minimum absolute atomic E-state index is 0.0546. The Labute approximate surface area is 127 Å². The molecule has 0 aromatic rings. The van der Waals surface area contributed by atoms with Gasteiger partial charge in [-0.3, -0.25) is 9.59 Å². The van der Waals surface area contributed by atoms with Crippen molar-refractivity contribution in [2.24, 2.45) is 5.41 Å². The van der Waals surface area contributed by atoms with E-state index in [2.05, 4.69) is 5.32 Å². The van der Waals surface area contributed by atoms with Gasteiger partial charge in [0.2, 0.25) is 11.8 Å². The lowest BCUT2D eigenvalue weighted by molar-refractivity contribution is -0.152. The average molecular weight is 318 g/mol. The number of piperazine rings is 1. The van der Waals surface area contributed by atoms with Crippen LogP contribution in [-0.2, 0) is 19.4 Å². The zero-order valence-electron chi connectivity index (χ0n) is 13.6. The number of rotatable bonds is 4. The molecule has 2 atom stereocenters. The lowest BCUT2D eigenvalue weighted by atomic mass is 9.83. The van der Waals surface area contributed by atoms with Gasteiger partial charge in [0.15, 0.2) is 9.84 Å². The van der Waals surface area contributed by atoms with E-state index in [1.165, 1.54) is 4.90 Å². The van der Waals surface area contributed by atoms with Gasteiger partial charge in [-0.15, -0.1) is 0 Å². The van der Waals surface area contributed by atoms with E-state index in [9.17, 15) is 18.0 Å². The van der Waals surface area contributed by atoms with Crippen molar-refractivity contribution in [2.75, 3.05) is 12.3 Å². The van der Waals surface area contributed by atoms with E-state index in [-0.39, 0.29) is 24.1 Å². The normalized spacial score (nSPS) is 24.4. The highest BCUT2D eigenvalue weighted by Crippen LogP contribution is 2.27. The topological polar surface area (TPSA) is 83.6 Å². The standard InChI is InChI=1S/C14H26N2O4S/c1-9(2)21(19,20)8-7-16-11(14(4,5)6)12(17)15-10(3)13(16)18/h9-11H,7-8H2,1-6H3,(H,15,17). The summed E-state index contributed by atoms with van der Waals surface area (Å²) in [6.45, 7) is 10.5. The van der Waals surface area contributed by atoms with Gasteiger partial charge >= 0.3 is 0 Å². The van der Waals surface area contributed by atoms with Crippen molar-refractivity contribution < 1.29 is 18.0 Å². The summed E-state index contributed by atoms with van der Waals surface area (Å²) in [6, 6.07) is -1.26. The number of nitrogens with zero attached hydrogens (tertiary/aromatic N) is 1. The molecule has 1 rings (SSSR count). The first-order valence-electron chi connectivity index (χ1n) is 7.20. The van der Waals surface area contributed by atoms with Crippen LogP contribution in [0.4, 0.5) is 0 Å². The van der Waals surface area contributed by atoms with E-state index >= 15 is 0 Å². The molecule has 0 radical (unpaired) electrons. The largest absolute Gasteiger partial charge is 0.343 e. The number of amides is 2. The van der Waals surface area contributed by atoms with Crippen LogP contribution in [0, 0.1) is 5.41 Å². The molecule has 0 aliphatic carbocycles. The van der Waals surface area contributed by atoms with Crippen molar-refractivity contribution in [3.8, 4) is 0 Å². The first-order valence-corrected chi connectivity index (χ1v) is 8.92. The van der Waals surface area contributed by atoms with E-state index in [1.54, 1.807) is 20.8 Å². The maximum atomic E-state index is 12.3. The maximum Gasteiger partial charge on any atom is 0.245 e. The van der Waals surface area contributed by atoms with Crippen molar-refractivity contribution in [2.45, 2.75) is 58.9 Å². The molecule has 21 heavy (non-hydrogen) atoms. The molecule has 0 saturated carbocycles. The molecule has 6 nitrogen and oxygen atoms in total. The number of hydrogen-bond donors (Lipinski definition) is 1. The third-order valence-electron chi connectivity index (χ3n) is 3.73. The van der Waals surface area contributed by atoms with Gasteiger partial charge in [-0.2, -0.15) is 0 Å². The molecule has 122 valence electrons. The first kappa shape index (κ1) is 17.9. The Bertz CT molecular complexity index is 520. The van der Waals surface area contributed by atoms with Crippen molar-refractivity contribution in [3.05, 3.63) is 0 Å². The second kappa shape index (κ2) is 5.94. The lowest BCUT2D eigenvalue weighted by Gasteiger charge is -2.44. The number of carbonyl (C=O) groups excluding carboxylic acids is 2. The number of sulfone groups is 1. The summed E-state index contributed by atoms with van der Waals surface area (Å²) in [5.41, 5.74) is -0.457. The lowest BCUT2D eigenvalue weighted by Crippen LogP contribution is -2.66. The SMILES string of the molecule is CC1NC(=O)C(C(C)(C)C)N(CCS(=O)(=O)C(C)C)C1=O. The molecule has 1 fully saturated rings. The van der Waals surface area contributed by atoms with Gasteiger partial charge in [0.05, 0.1) is 11.0 Å². The fourth-order valence-corrected chi connectivity index (χ4v) is 3.36. The van der Waals surface area contributed by atoms with Crippen LogP contribution in [0.3, 0.4) is 0 Å². The summed E-state index contributed by atoms with van der Waals surface area (Å²) < 4.78 is 23.9. The van der Waals surface area contributed by atoms with Crippen LogP contribution in [0.15, 0.2) is 0 Å². The Balaban J connectivity index is 3.02. The average Bonchev–Trinajstić information content (AvgIpc) is 2.29. The van der Waals surface area contributed by atoms with E-state index in [0.717, 1.165) is 0 Å². The van der Waals surface area contributed by atoms with Gasteiger partial charge in [0, 0.05) is 6.54 Å². The van der Waals surface area contributed by atoms with E-state index in [0.29, 0.717) is 0 Å². The zero-order chi connectivity index (χ0) is 16.6. The van der Waals surface area contributed by atoms with E-state index in [1.807, 2.05) is 20.8 Å². The third-order valence-corrected chi connectivity index (χ3v) is 5.92. The molecule has 0 bridgehead atoms. The van der Waals surface area contributed by atoms with Crippen molar-refractivity contribution in [1.29, 1.82) is 0 Å².